The molecule has 4 rings (SSSR count). The van der Waals surface area contributed by atoms with Crippen LogP contribution >= 0.6 is 0 Å². The van der Waals surface area contributed by atoms with Gasteiger partial charge >= 0.3 is 6.03 Å². The Morgan fingerprint density at radius 1 is 1.00 bits per heavy atom. The minimum Gasteiger partial charge on any atom is -0.393 e. The summed E-state index contributed by atoms with van der Waals surface area (Å²) >= 11 is 0. The van der Waals surface area contributed by atoms with E-state index in [9.17, 15) is 9.18 Å². The first kappa shape index (κ1) is 18.0. The fourth-order valence-electron chi connectivity index (χ4n) is 5.50. The van der Waals surface area contributed by atoms with Crippen molar-refractivity contribution < 1.29 is 14.3 Å². The molecule has 0 aromatic carbocycles. The number of aliphatic hydroxyl groups is 1. The highest BCUT2D eigenvalue weighted by molar-refractivity contribution is 5.74. The maximum Gasteiger partial charge on any atom is 0.315 e. The van der Waals surface area contributed by atoms with E-state index in [2.05, 4.69) is 10.6 Å². The van der Waals surface area contributed by atoms with Crippen molar-refractivity contribution in [3.63, 3.8) is 0 Å². The fourth-order valence-corrected chi connectivity index (χ4v) is 5.50. The molecule has 4 aliphatic rings. The van der Waals surface area contributed by atoms with Gasteiger partial charge in [-0.3, -0.25) is 0 Å². The molecular weight excluding hydrogens is 307 g/mol. The summed E-state index contributed by atoms with van der Waals surface area (Å²) in [5, 5.41) is 14.9. The molecule has 0 radical (unpaired) electrons. The summed E-state index contributed by atoms with van der Waals surface area (Å²) in [6.45, 7) is 0.324. The highest BCUT2D eigenvalue weighted by atomic mass is 19.1. The van der Waals surface area contributed by atoms with Crippen molar-refractivity contribution in [1.29, 1.82) is 0 Å². The number of aliphatic hydroxyl groups excluding tert-OH is 1. The number of hydrogen-bond donors (Lipinski definition) is 3. The average Bonchev–Trinajstić information content (AvgIpc) is 2.56. The van der Waals surface area contributed by atoms with Gasteiger partial charge in [0.25, 0.3) is 0 Å². The largest absolute Gasteiger partial charge is 0.393 e. The van der Waals surface area contributed by atoms with Gasteiger partial charge in [-0.25, -0.2) is 9.18 Å². The Morgan fingerprint density at radius 2 is 1.62 bits per heavy atom. The predicted octanol–water partition coefficient (Wildman–Crippen LogP) is 3.39. The van der Waals surface area contributed by atoms with Gasteiger partial charge < -0.3 is 15.7 Å². The number of alkyl halides is 1. The van der Waals surface area contributed by atoms with Gasteiger partial charge in [0, 0.05) is 12.6 Å². The van der Waals surface area contributed by atoms with Crippen LogP contribution in [0.25, 0.3) is 0 Å². The lowest BCUT2D eigenvalue weighted by Crippen LogP contribution is -2.57. The molecule has 0 aliphatic heterocycles. The first-order valence-electron chi connectivity index (χ1n) is 9.95. The van der Waals surface area contributed by atoms with Gasteiger partial charge in [0.1, 0.15) is 6.17 Å². The Bertz CT molecular complexity index is 390. The molecule has 3 N–H and O–H groups in total. The zero-order valence-electron chi connectivity index (χ0n) is 14.7. The topological polar surface area (TPSA) is 61.4 Å². The summed E-state index contributed by atoms with van der Waals surface area (Å²) < 4.78 is 12.8. The lowest BCUT2D eigenvalue weighted by Gasteiger charge is -2.54. The van der Waals surface area contributed by atoms with Gasteiger partial charge in [-0.15, -0.1) is 0 Å². The number of carbonyl (C=O) groups excluding carboxylic acids is 1. The SMILES string of the molecule is O=C(NCCCCCCC(F)CO)NC1C2CC3CC(C2)CC1C3. The van der Waals surface area contributed by atoms with Crippen LogP contribution in [-0.4, -0.2) is 36.5 Å². The van der Waals surface area contributed by atoms with Crippen LogP contribution in [0.2, 0.25) is 0 Å². The van der Waals surface area contributed by atoms with Crippen molar-refractivity contribution in [2.75, 3.05) is 13.2 Å². The fraction of sp³-hybridized carbons (Fsp3) is 0.947. The second-order valence-corrected chi connectivity index (χ2v) is 8.34. The summed E-state index contributed by atoms with van der Waals surface area (Å²) in [6.07, 6.45) is 9.79. The lowest BCUT2D eigenvalue weighted by atomic mass is 9.54. The number of amides is 2. The Labute approximate surface area is 145 Å². The molecular formula is C19H33FN2O2. The summed E-state index contributed by atoms with van der Waals surface area (Å²) in [7, 11) is 0. The lowest BCUT2D eigenvalue weighted by molar-refractivity contribution is -0.00940. The molecule has 0 saturated heterocycles. The van der Waals surface area contributed by atoms with E-state index in [-0.39, 0.29) is 12.6 Å². The van der Waals surface area contributed by atoms with Crippen molar-refractivity contribution in [3.05, 3.63) is 0 Å². The molecule has 0 heterocycles. The van der Waals surface area contributed by atoms with Crippen LogP contribution in [0, 0.1) is 23.7 Å². The van der Waals surface area contributed by atoms with Crippen LogP contribution in [0.1, 0.15) is 64.2 Å². The van der Waals surface area contributed by atoms with Gasteiger partial charge in [-0.1, -0.05) is 19.3 Å². The van der Waals surface area contributed by atoms with E-state index in [0.717, 1.165) is 37.5 Å². The number of rotatable bonds is 9. The molecule has 0 aromatic heterocycles. The van der Waals surface area contributed by atoms with Crippen molar-refractivity contribution in [2.45, 2.75) is 76.4 Å². The van der Waals surface area contributed by atoms with E-state index in [1.807, 2.05) is 0 Å². The molecule has 5 heteroatoms. The third-order valence-electron chi connectivity index (χ3n) is 6.45. The Balaban J connectivity index is 1.26. The minimum atomic E-state index is -1.07. The molecule has 4 nitrogen and oxygen atoms in total. The normalized spacial score (nSPS) is 35.0. The summed E-state index contributed by atoms with van der Waals surface area (Å²) in [6, 6.07) is 0.398. The molecule has 1 atom stereocenters. The van der Waals surface area contributed by atoms with Crippen LogP contribution in [0.4, 0.5) is 9.18 Å². The van der Waals surface area contributed by atoms with Crippen LogP contribution in [-0.2, 0) is 0 Å². The number of nitrogens with one attached hydrogen (secondary N) is 2. The predicted molar refractivity (Wildman–Crippen MR) is 92.4 cm³/mol. The molecule has 4 aliphatic carbocycles. The first-order valence-corrected chi connectivity index (χ1v) is 9.95. The standard InChI is InChI=1S/C19H33FN2O2/c20-17(12-23)5-3-1-2-4-6-21-19(24)22-18-15-8-13-7-14(10-15)11-16(18)9-13/h13-18,23H,1-12H2,(H2,21,22,24). The van der Waals surface area contributed by atoms with Crippen molar-refractivity contribution in [1.82, 2.24) is 10.6 Å². The maximum atomic E-state index is 12.8. The summed E-state index contributed by atoms with van der Waals surface area (Å²) in [5.41, 5.74) is 0. The highest BCUT2D eigenvalue weighted by Crippen LogP contribution is 2.53. The number of carbonyl (C=O) groups is 1. The van der Waals surface area contributed by atoms with E-state index in [1.165, 1.54) is 32.1 Å². The minimum absolute atomic E-state index is 0.00317. The van der Waals surface area contributed by atoms with E-state index in [4.69, 9.17) is 5.11 Å². The van der Waals surface area contributed by atoms with E-state index in [1.54, 1.807) is 0 Å². The van der Waals surface area contributed by atoms with Crippen LogP contribution < -0.4 is 10.6 Å². The third kappa shape index (κ3) is 4.62. The maximum absolute atomic E-state index is 12.8. The zero-order chi connectivity index (χ0) is 16.9. The molecule has 2 amide bonds. The van der Waals surface area contributed by atoms with E-state index in [0.29, 0.717) is 30.8 Å². The van der Waals surface area contributed by atoms with Crippen LogP contribution in [0.3, 0.4) is 0 Å². The third-order valence-corrected chi connectivity index (χ3v) is 6.45. The average molecular weight is 340 g/mol. The number of unbranched alkanes of at least 4 members (excludes halogenated alkanes) is 3. The molecule has 0 aromatic rings. The molecule has 1 unspecified atom stereocenters. The van der Waals surface area contributed by atoms with Crippen molar-refractivity contribution in [3.8, 4) is 0 Å². The molecule has 4 saturated carbocycles. The van der Waals surface area contributed by atoms with Crippen LogP contribution in [0.15, 0.2) is 0 Å². The Hall–Kier alpha value is -0.840. The van der Waals surface area contributed by atoms with Gasteiger partial charge in [0.05, 0.1) is 6.61 Å². The molecule has 4 fully saturated rings. The van der Waals surface area contributed by atoms with Gasteiger partial charge in [-0.05, 0) is 68.6 Å². The van der Waals surface area contributed by atoms with E-state index >= 15 is 0 Å². The highest BCUT2D eigenvalue weighted by Gasteiger charge is 2.48. The number of halogens is 1. The Kier molecular flexibility index (Phi) is 6.37. The molecule has 24 heavy (non-hydrogen) atoms. The smallest absolute Gasteiger partial charge is 0.315 e. The Morgan fingerprint density at radius 3 is 2.25 bits per heavy atom. The monoisotopic (exact) mass is 340 g/mol. The van der Waals surface area contributed by atoms with E-state index < -0.39 is 6.17 Å². The first-order chi connectivity index (χ1) is 11.7. The van der Waals surface area contributed by atoms with Crippen molar-refractivity contribution >= 4 is 6.03 Å². The summed E-state index contributed by atoms with van der Waals surface area (Å²) in [5.74, 6) is 3.30. The van der Waals surface area contributed by atoms with Gasteiger partial charge in [0.2, 0.25) is 0 Å². The quantitative estimate of drug-likeness (QED) is 0.563. The zero-order valence-corrected chi connectivity index (χ0v) is 14.7. The molecule has 4 bridgehead atoms. The van der Waals surface area contributed by atoms with Crippen LogP contribution in [0.5, 0.6) is 0 Å². The second kappa shape index (κ2) is 8.50. The number of urea groups is 1. The second-order valence-electron chi connectivity index (χ2n) is 8.34. The van der Waals surface area contributed by atoms with Gasteiger partial charge in [0.15, 0.2) is 0 Å². The van der Waals surface area contributed by atoms with Gasteiger partial charge in [-0.2, -0.15) is 0 Å². The summed E-state index contributed by atoms with van der Waals surface area (Å²) in [4.78, 5) is 12.2. The number of hydrogen-bond acceptors (Lipinski definition) is 2. The molecule has 138 valence electrons. The molecule has 0 spiro atoms. The van der Waals surface area contributed by atoms with Crippen molar-refractivity contribution in [2.24, 2.45) is 23.7 Å².